The highest BCUT2D eigenvalue weighted by atomic mass is 32.1. The molecule has 2 aromatic carbocycles. The number of rotatable bonds is 8. The number of hydrogen-bond donors (Lipinski definition) is 3. The Balaban J connectivity index is 2.05. The first-order chi connectivity index (χ1) is 13.0. The Morgan fingerprint density at radius 3 is 2.41 bits per heavy atom. The number of anilines is 1. The summed E-state index contributed by atoms with van der Waals surface area (Å²) < 4.78 is 10.7. The van der Waals surface area contributed by atoms with Gasteiger partial charge in [0, 0.05) is 11.6 Å². The largest absolute Gasteiger partial charge is 0.508 e. The summed E-state index contributed by atoms with van der Waals surface area (Å²) in [6.07, 6.45) is -0.647. The molecule has 0 aromatic heterocycles. The van der Waals surface area contributed by atoms with Crippen molar-refractivity contribution in [2.45, 2.75) is 19.4 Å². The van der Waals surface area contributed by atoms with Gasteiger partial charge in [-0.2, -0.15) is 12.6 Å². The second kappa shape index (κ2) is 10.5. The van der Waals surface area contributed by atoms with Crippen molar-refractivity contribution >= 4 is 30.4 Å². The first-order valence-electron chi connectivity index (χ1n) is 8.57. The Morgan fingerprint density at radius 2 is 1.78 bits per heavy atom. The molecule has 2 N–H and O–H groups in total. The van der Waals surface area contributed by atoms with Crippen molar-refractivity contribution < 1.29 is 24.2 Å². The number of phenolic OH excluding ortho intramolecular Hbond substituents is 1. The Hall–Kier alpha value is -2.67. The molecule has 2 atom stereocenters. The smallest absolute Gasteiger partial charge is 0.412 e. The molecule has 0 radical (unpaired) electrons. The third-order valence-electron chi connectivity index (χ3n) is 3.96. The van der Waals surface area contributed by atoms with Gasteiger partial charge in [0.05, 0.1) is 12.4 Å². The fraction of sp³-hybridized carbons (Fsp3) is 0.300. The van der Waals surface area contributed by atoms with E-state index in [-0.39, 0.29) is 24.0 Å². The number of phenols is 1. The maximum absolute atomic E-state index is 12.3. The highest BCUT2D eigenvalue weighted by Crippen LogP contribution is 2.30. The number of aromatic hydroxyl groups is 1. The van der Waals surface area contributed by atoms with E-state index in [1.165, 1.54) is 12.1 Å². The maximum Gasteiger partial charge on any atom is 0.412 e. The molecule has 2 rings (SSSR count). The van der Waals surface area contributed by atoms with Gasteiger partial charge in [-0.15, -0.1) is 0 Å². The van der Waals surface area contributed by atoms with Gasteiger partial charge in [-0.05, 0) is 36.2 Å². The van der Waals surface area contributed by atoms with Crippen molar-refractivity contribution in [3.8, 4) is 5.75 Å². The molecule has 6 nitrogen and oxygen atoms in total. The van der Waals surface area contributed by atoms with E-state index in [2.05, 4.69) is 17.9 Å². The van der Waals surface area contributed by atoms with Crippen molar-refractivity contribution in [3.63, 3.8) is 0 Å². The molecule has 0 heterocycles. The van der Waals surface area contributed by atoms with Gasteiger partial charge in [-0.3, -0.25) is 10.1 Å². The van der Waals surface area contributed by atoms with Gasteiger partial charge in [0.2, 0.25) is 0 Å². The number of hydrogen-bond acceptors (Lipinski definition) is 6. The standard InChI is InChI=1S/C20H23NO5S/c1-14(11-12-25-18(23)13-27)19(15-7-9-17(22)10-8-15)26-20(24)21-16-5-3-2-4-6-16/h2-10,14,19,22,27H,11-13H2,1H3,(H,21,24)/t14-,19+/m0/s1. The zero-order valence-corrected chi connectivity index (χ0v) is 15.9. The van der Waals surface area contributed by atoms with Crippen LogP contribution in [0.4, 0.5) is 10.5 Å². The van der Waals surface area contributed by atoms with Gasteiger partial charge >= 0.3 is 12.1 Å². The number of esters is 1. The zero-order valence-electron chi connectivity index (χ0n) is 15.0. The predicted molar refractivity (Wildman–Crippen MR) is 106 cm³/mol. The van der Waals surface area contributed by atoms with E-state index in [1.807, 2.05) is 25.1 Å². The van der Waals surface area contributed by atoms with Gasteiger partial charge < -0.3 is 14.6 Å². The number of thiol groups is 1. The van der Waals surface area contributed by atoms with Crippen LogP contribution in [-0.2, 0) is 14.3 Å². The average molecular weight is 389 g/mol. The van der Waals surface area contributed by atoms with Crippen LogP contribution in [0.5, 0.6) is 5.75 Å². The molecule has 2 aromatic rings. The molecule has 0 saturated heterocycles. The van der Waals surface area contributed by atoms with Crippen molar-refractivity contribution in [3.05, 3.63) is 60.2 Å². The van der Waals surface area contributed by atoms with Gasteiger partial charge in [-0.25, -0.2) is 4.79 Å². The molecule has 0 bridgehead atoms. The van der Waals surface area contributed by atoms with Crippen molar-refractivity contribution in [2.24, 2.45) is 5.92 Å². The van der Waals surface area contributed by atoms with E-state index >= 15 is 0 Å². The Kier molecular flexibility index (Phi) is 8.00. The average Bonchev–Trinajstić information content (AvgIpc) is 2.67. The number of ether oxygens (including phenoxy) is 2. The summed E-state index contributed by atoms with van der Waals surface area (Å²) in [5.41, 5.74) is 1.37. The first kappa shape index (κ1) is 20.6. The lowest BCUT2D eigenvalue weighted by molar-refractivity contribution is -0.141. The molecule has 0 aliphatic rings. The molecule has 0 aliphatic carbocycles. The summed E-state index contributed by atoms with van der Waals surface area (Å²) in [5.74, 6) is -0.369. The normalized spacial score (nSPS) is 12.7. The zero-order chi connectivity index (χ0) is 19.6. The molecule has 0 aliphatic heterocycles. The van der Waals surface area contributed by atoms with Crippen LogP contribution in [0.15, 0.2) is 54.6 Å². The molecule has 0 fully saturated rings. The van der Waals surface area contributed by atoms with E-state index in [9.17, 15) is 14.7 Å². The van der Waals surface area contributed by atoms with Crippen LogP contribution in [0.1, 0.15) is 25.0 Å². The van der Waals surface area contributed by atoms with Crippen LogP contribution in [0, 0.1) is 5.92 Å². The van der Waals surface area contributed by atoms with Crippen LogP contribution < -0.4 is 5.32 Å². The number of carbonyl (C=O) groups is 2. The topological polar surface area (TPSA) is 84.9 Å². The Morgan fingerprint density at radius 1 is 1.11 bits per heavy atom. The first-order valence-corrected chi connectivity index (χ1v) is 9.21. The summed E-state index contributed by atoms with van der Waals surface area (Å²) >= 11 is 3.86. The summed E-state index contributed by atoms with van der Waals surface area (Å²) in [7, 11) is 0. The van der Waals surface area contributed by atoms with Gasteiger partial charge in [-0.1, -0.05) is 37.3 Å². The number of para-hydroxylation sites is 1. The fourth-order valence-electron chi connectivity index (χ4n) is 2.52. The van der Waals surface area contributed by atoms with Gasteiger partial charge in [0.1, 0.15) is 11.9 Å². The van der Waals surface area contributed by atoms with Crippen LogP contribution in [0.25, 0.3) is 0 Å². The second-order valence-corrected chi connectivity index (χ2v) is 6.37. The van der Waals surface area contributed by atoms with E-state index in [0.29, 0.717) is 12.1 Å². The van der Waals surface area contributed by atoms with Crippen LogP contribution in [-0.4, -0.2) is 29.5 Å². The van der Waals surface area contributed by atoms with E-state index in [4.69, 9.17) is 9.47 Å². The van der Waals surface area contributed by atoms with Crippen molar-refractivity contribution in [1.82, 2.24) is 0 Å². The second-order valence-electron chi connectivity index (χ2n) is 6.05. The monoisotopic (exact) mass is 389 g/mol. The molecular formula is C20H23NO5S. The molecule has 144 valence electrons. The molecule has 27 heavy (non-hydrogen) atoms. The van der Waals surface area contributed by atoms with E-state index < -0.39 is 18.2 Å². The highest BCUT2D eigenvalue weighted by Gasteiger charge is 2.24. The molecule has 0 saturated carbocycles. The number of carbonyl (C=O) groups excluding carboxylic acids is 2. The fourth-order valence-corrected chi connectivity index (χ4v) is 2.61. The van der Waals surface area contributed by atoms with E-state index in [1.54, 1.807) is 24.3 Å². The Bertz CT molecular complexity index is 736. The van der Waals surface area contributed by atoms with Crippen LogP contribution in [0.3, 0.4) is 0 Å². The van der Waals surface area contributed by atoms with E-state index in [0.717, 1.165) is 5.56 Å². The van der Waals surface area contributed by atoms with Crippen molar-refractivity contribution in [2.75, 3.05) is 17.7 Å². The molecule has 1 amide bonds. The third-order valence-corrected chi connectivity index (χ3v) is 4.22. The minimum absolute atomic E-state index is 0.0196. The number of amides is 1. The number of benzene rings is 2. The van der Waals surface area contributed by atoms with Crippen molar-refractivity contribution in [1.29, 1.82) is 0 Å². The van der Waals surface area contributed by atoms with Crippen LogP contribution in [0.2, 0.25) is 0 Å². The maximum atomic E-state index is 12.3. The number of nitrogens with one attached hydrogen (secondary N) is 1. The van der Waals surface area contributed by atoms with Gasteiger partial charge in [0.15, 0.2) is 0 Å². The summed E-state index contributed by atoms with van der Waals surface area (Å²) in [6, 6.07) is 15.5. The molecule has 0 unspecified atom stereocenters. The third kappa shape index (κ3) is 6.86. The lowest BCUT2D eigenvalue weighted by atomic mass is 9.94. The van der Waals surface area contributed by atoms with Gasteiger partial charge in [0.25, 0.3) is 0 Å². The Labute approximate surface area is 163 Å². The quantitative estimate of drug-likeness (QED) is 0.466. The molecule has 0 spiro atoms. The lowest BCUT2D eigenvalue weighted by Gasteiger charge is -2.25. The SMILES string of the molecule is C[C@@H](CCOC(=O)CS)[C@@H](OC(=O)Nc1ccccc1)c1ccc(O)cc1. The molecular weight excluding hydrogens is 366 g/mol. The lowest BCUT2D eigenvalue weighted by Crippen LogP contribution is -2.23. The summed E-state index contributed by atoms with van der Waals surface area (Å²) in [4.78, 5) is 23.5. The summed E-state index contributed by atoms with van der Waals surface area (Å²) in [6.45, 7) is 2.11. The highest BCUT2D eigenvalue weighted by molar-refractivity contribution is 7.81. The predicted octanol–water partition coefficient (Wildman–Crippen LogP) is 4.18. The molecule has 7 heteroatoms. The summed E-state index contributed by atoms with van der Waals surface area (Å²) in [5, 5.41) is 12.2. The van der Waals surface area contributed by atoms with Crippen LogP contribution >= 0.6 is 12.6 Å². The minimum atomic E-state index is -0.585. The minimum Gasteiger partial charge on any atom is -0.508 e.